The quantitative estimate of drug-likeness (QED) is 0.619. The summed E-state index contributed by atoms with van der Waals surface area (Å²) in [5, 5.41) is 17.4. The monoisotopic (exact) mass is 277 g/mol. The molecule has 0 saturated heterocycles. The third-order valence-corrected chi connectivity index (χ3v) is 2.34. The lowest BCUT2D eigenvalue weighted by molar-refractivity contribution is -0.137. The normalized spacial score (nSPS) is 10.6. The van der Waals surface area contributed by atoms with Gasteiger partial charge in [0.2, 0.25) is 5.91 Å². The van der Waals surface area contributed by atoms with Crippen LogP contribution in [0.4, 0.5) is 0 Å². The van der Waals surface area contributed by atoms with Gasteiger partial charge in [-0.05, 0) is 27.2 Å². The second-order valence-electron chi connectivity index (χ2n) is 4.88. The zero-order valence-corrected chi connectivity index (χ0v) is 12.2. The van der Waals surface area contributed by atoms with Crippen LogP contribution in [0.15, 0.2) is 0 Å². The lowest BCUT2D eigenvalue weighted by Crippen LogP contribution is -2.47. The van der Waals surface area contributed by atoms with Crippen molar-refractivity contribution in [2.24, 2.45) is 0 Å². The van der Waals surface area contributed by atoms with Gasteiger partial charge in [0.15, 0.2) is 0 Å². The summed E-state index contributed by atoms with van der Waals surface area (Å²) in [5.41, 5.74) is -0.271. The maximum absolute atomic E-state index is 11.8. The van der Waals surface area contributed by atoms with Gasteiger partial charge in [0.1, 0.15) is 6.79 Å². The van der Waals surface area contributed by atoms with E-state index in [1.54, 1.807) is 4.90 Å². The van der Waals surface area contributed by atoms with Crippen LogP contribution < -0.4 is 0 Å². The summed E-state index contributed by atoms with van der Waals surface area (Å²) < 4.78 is 5.31. The van der Waals surface area contributed by atoms with Crippen molar-refractivity contribution in [1.29, 1.82) is 0 Å². The number of rotatable bonds is 8. The summed E-state index contributed by atoms with van der Waals surface area (Å²) in [7, 11) is 0. The van der Waals surface area contributed by atoms with Crippen LogP contribution in [-0.4, -0.2) is 66.3 Å². The molecule has 6 heteroatoms. The molecule has 0 saturated carbocycles. The van der Waals surface area contributed by atoms with Crippen molar-refractivity contribution < 1.29 is 24.5 Å². The first-order chi connectivity index (χ1) is 8.93. The van der Waals surface area contributed by atoms with Crippen LogP contribution in [0, 0.1) is 0 Å². The van der Waals surface area contributed by atoms with Gasteiger partial charge in [0, 0.05) is 31.7 Å². The highest BCUT2D eigenvalue weighted by Gasteiger charge is 2.25. The third kappa shape index (κ3) is 10.6. The molecule has 2 N–H and O–H groups in total. The molecule has 0 rings (SSSR count). The van der Waals surface area contributed by atoms with Crippen molar-refractivity contribution in [2.75, 3.05) is 33.0 Å². The molecule has 114 valence electrons. The second kappa shape index (κ2) is 12.1. The maximum Gasteiger partial charge on any atom is 0.225 e. The van der Waals surface area contributed by atoms with Crippen LogP contribution in [0.3, 0.4) is 0 Å². The Hall–Kier alpha value is -0.980. The van der Waals surface area contributed by atoms with Crippen LogP contribution in [0.1, 0.15) is 33.6 Å². The molecule has 0 bridgehead atoms. The first kappa shape index (κ1) is 20.3. The molecule has 0 aromatic carbocycles. The number of nitrogens with zero attached hydrogens (tertiary/aromatic N) is 1. The Kier molecular flexibility index (Phi) is 12.9. The van der Waals surface area contributed by atoms with E-state index in [-0.39, 0.29) is 31.1 Å². The number of aliphatic hydroxyl groups is 2. The zero-order chi connectivity index (χ0) is 15.3. The van der Waals surface area contributed by atoms with Crippen molar-refractivity contribution >= 4 is 12.7 Å². The van der Waals surface area contributed by atoms with Crippen LogP contribution in [0.25, 0.3) is 0 Å². The SMILES string of the molecule is C=O.CC(C)(C)N(CCOCCCO)C(=O)CCO. The third-order valence-electron chi connectivity index (χ3n) is 2.34. The van der Waals surface area contributed by atoms with Gasteiger partial charge in [-0.1, -0.05) is 0 Å². The predicted octanol–water partition coefficient (Wildman–Crippen LogP) is 0.210. The van der Waals surface area contributed by atoms with Gasteiger partial charge in [0.25, 0.3) is 0 Å². The summed E-state index contributed by atoms with van der Waals surface area (Å²) in [5.74, 6) is -0.0641. The van der Waals surface area contributed by atoms with Crippen LogP contribution in [0.5, 0.6) is 0 Å². The molecular weight excluding hydrogens is 250 g/mol. The summed E-state index contributed by atoms with van der Waals surface area (Å²) >= 11 is 0. The summed E-state index contributed by atoms with van der Waals surface area (Å²) in [6, 6.07) is 0. The van der Waals surface area contributed by atoms with E-state index in [1.807, 2.05) is 27.6 Å². The minimum atomic E-state index is -0.271. The van der Waals surface area contributed by atoms with Gasteiger partial charge in [-0.2, -0.15) is 0 Å². The molecule has 19 heavy (non-hydrogen) atoms. The Bertz CT molecular complexity index is 228. The Balaban J connectivity index is 0. The smallest absolute Gasteiger partial charge is 0.225 e. The van der Waals surface area contributed by atoms with E-state index in [2.05, 4.69) is 0 Å². The second-order valence-corrected chi connectivity index (χ2v) is 4.88. The molecule has 0 aliphatic heterocycles. The standard InChI is InChI=1S/C12H25NO4.CH2O/c1-12(2,3)13(11(16)5-8-15)6-10-17-9-4-7-14;1-2/h14-15H,4-10H2,1-3H3;1H2. The number of amides is 1. The van der Waals surface area contributed by atoms with Gasteiger partial charge < -0.3 is 24.6 Å². The first-order valence-electron chi connectivity index (χ1n) is 6.32. The van der Waals surface area contributed by atoms with Gasteiger partial charge in [-0.3, -0.25) is 4.79 Å². The largest absolute Gasteiger partial charge is 0.396 e. The number of hydrogen-bond donors (Lipinski definition) is 2. The van der Waals surface area contributed by atoms with Crippen LogP contribution in [-0.2, 0) is 14.3 Å². The van der Waals surface area contributed by atoms with E-state index in [9.17, 15) is 4.79 Å². The van der Waals surface area contributed by atoms with Crippen molar-refractivity contribution in [3.8, 4) is 0 Å². The van der Waals surface area contributed by atoms with E-state index in [4.69, 9.17) is 19.7 Å². The molecule has 0 aliphatic carbocycles. The molecule has 0 atom stereocenters. The molecule has 1 amide bonds. The fourth-order valence-electron chi connectivity index (χ4n) is 1.49. The van der Waals surface area contributed by atoms with Crippen molar-refractivity contribution in [1.82, 2.24) is 4.90 Å². The van der Waals surface area contributed by atoms with Crippen LogP contribution in [0.2, 0.25) is 0 Å². The first-order valence-corrected chi connectivity index (χ1v) is 6.32. The van der Waals surface area contributed by atoms with Gasteiger partial charge in [-0.25, -0.2) is 0 Å². The van der Waals surface area contributed by atoms with Crippen molar-refractivity contribution in [2.45, 2.75) is 39.2 Å². The summed E-state index contributed by atoms with van der Waals surface area (Å²) in [6.45, 7) is 9.32. The fraction of sp³-hybridized carbons (Fsp3) is 0.846. The molecule has 0 aliphatic rings. The molecule has 0 heterocycles. The van der Waals surface area contributed by atoms with Crippen LogP contribution >= 0.6 is 0 Å². The molecular formula is C13H27NO5. The number of aliphatic hydroxyl groups excluding tert-OH is 2. The van der Waals surface area contributed by atoms with E-state index < -0.39 is 0 Å². The molecule has 0 fully saturated rings. The van der Waals surface area contributed by atoms with E-state index in [0.29, 0.717) is 26.2 Å². The van der Waals surface area contributed by atoms with E-state index in [0.717, 1.165) is 0 Å². The van der Waals surface area contributed by atoms with Gasteiger partial charge in [0.05, 0.1) is 13.2 Å². The average Bonchev–Trinajstić information content (AvgIpc) is 2.34. The summed E-state index contributed by atoms with van der Waals surface area (Å²) in [6.07, 6.45) is 0.758. The molecule has 0 unspecified atom stereocenters. The van der Waals surface area contributed by atoms with Gasteiger partial charge >= 0.3 is 0 Å². The lowest BCUT2D eigenvalue weighted by Gasteiger charge is -2.35. The van der Waals surface area contributed by atoms with E-state index in [1.165, 1.54) is 0 Å². The molecule has 0 aromatic rings. The Morgan fingerprint density at radius 1 is 1.16 bits per heavy atom. The minimum Gasteiger partial charge on any atom is -0.396 e. The maximum atomic E-state index is 11.8. The Morgan fingerprint density at radius 3 is 2.16 bits per heavy atom. The Morgan fingerprint density at radius 2 is 1.74 bits per heavy atom. The lowest BCUT2D eigenvalue weighted by atomic mass is 10.1. The van der Waals surface area contributed by atoms with Gasteiger partial charge in [-0.15, -0.1) is 0 Å². The fourth-order valence-corrected chi connectivity index (χ4v) is 1.49. The number of carbonyl (C=O) groups excluding carboxylic acids is 2. The number of ether oxygens (including phenoxy) is 1. The highest BCUT2D eigenvalue weighted by atomic mass is 16.5. The van der Waals surface area contributed by atoms with Crippen molar-refractivity contribution in [3.05, 3.63) is 0 Å². The number of carbonyl (C=O) groups is 2. The minimum absolute atomic E-state index is 0.0641. The molecule has 6 nitrogen and oxygen atoms in total. The van der Waals surface area contributed by atoms with E-state index >= 15 is 0 Å². The zero-order valence-electron chi connectivity index (χ0n) is 12.2. The molecule has 0 aromatic heterocycles. The molecule has 0 radical (unpaired) electrons. The van der Waals surface area contributed by atoms with Crippen molar-refractivity contribution in [3.63, 3.8) is 0 Å². The highest BCUT2D eigenvalue weighted by molar-refractivity contribution is 5.77. The topological polar surface area (TPSA) is 87.1 Å². The summed E-state index contributed by atoms with van der Waals surface area (Å²) in [4.78, 5) is 21.5. The number of hydrogen-bond acceptors (Lipinski definition) is 5. The highest BCUT2D eigenvalue weighted by Crippen LogP contribution is 2.14. The molecule has 0 spiro atoms. The predicted molar refractivity (Wildman–Crippen MR) is 72.8 cm³/mol. The average molecular weight is 277 g/mol. The Labute approximate surface area is 115 Å².